The maximum atomic E-state index is 12.9. The fraction of sp³-hybridized carbons (Fsp3) is 0.292. The zero-order chi connectivity index (χ0) is 24.7. The topological polar surface area (TPSA) is 87.6 Å². The lowest BCUT2D eigenvalue weighted by atomic mass is 10.1. The van der Waals surface area contributed by atoms with Gasteiger partial charge in [-0.1, -0.05) is 24.3 Å². The minimum Gasteiger partial charge on any atom is -0.546 e. The number of carbonyl (C=O) groups is 1. The Bertz CT molecular complexity index is 1120. The molecule has 0 amide bonds. The molecule has 0 N–H and O–H groups in total. The van der Waals surface area contributed by atoms with Gasteiger partial charge in [0.25, 0.3) is 0 Å². The van der Waals surface area contributed by atoms with E-state index in [-0.39, 0.29) is 0 Å². The van der Waals surface area contributed by atoms with Crippen LogP contribution in [-0.4, -0.2) is 42.8 Å². The second-order valence-corrected chi connectivity index (χ2v) is 7.49. The first-order valence-electron chi connectivity index (χ1n) is 10.3. The van der Waals surface area contributed by atoms with Gasteiger partial charge in [0.2, 0.25) is 5.95 Å². The maximum Gasteiger partial charge on any atom is 0.416 e. The molecule has 1 aromatic heterocycles. The number of alkyl halides is 3. The van der Waals surface area contributed by atoms with Crippen LogP contribution in [0.2, 0.25) is 0 Å². The average molecular weight is 474 g/mol. The summed E-state index contributed by atoms with van der Waals surface area (Å²) >= 11 is 0. The smallest absolute Gasteiger partial charge is 0.416 e. The van der Waals surface area contributed by atoms with Crippen molar-refractivity contribution in [2.24, 2.45) is 0 Å². The van der Waals surface area contributed by atoms with Gasteiger partial charge in [-0.15, -0.1) is 0 Å². The summed E-state index contributed by atoms with van der Waals surface area (Å²) in [6.45, 7) is 2.55. The largest absolute Gasteiger partial charge is 0.546 e. The van der Waals surface area contributed by atoms with E-state index in [1.54, 1.807) is 38.4 Å². The van der Waals surface area contributed by atoms with Crippen molar-refractivity contribution in [1.82, 2.24) is 9.97 Å². The number of ether oxygens (including phenoxy) is 2. The third-order valence-electron chi connectivity index (χ3n) is 4.96. The van der Waals surface area contributed by atoms with Crippen molar-refractivity contribution >= 4 is 11.9 Å². The number of hydrogen-bond donors (Lipinski definition) is 0. The Morgan fingerprint density at radius 3 is 2.47 bits per heavy atom. The van der Waals surface area contributed by atoms with Crippen LogP contribution < -0.4 is 14.7 Å². The molecule has 3 rings (SSSR count). The summed E-state index contributed by atoms with van der Waals surface area (Å²) in [7, 11) is 1.57. The number of rotatable bonds is 10. The summed E-state index contributed by atoms with van der Waals surface area (Å²) < 4.78 is 49.0. The van der Waals surface area contributed by atoms with Gasteiger partial charge in [-0.3, -0.25) is 0 Å². The van der Waals surface area contributed by atoms with Crippen LogP contribution in [0.15, 0.2) is 54.7 Å². The van der Waals surface area contributed by atoms with Crippen LogP contribution in [0, 0.1) is 6.92 Å². The Balaban J connectivity index is 1.83. The van der Waals surface area contributed by atoms with Crippen LogP contribution in [0.5, 0.6) is 5.75 Å². The van der Waals surface area contributed by atoms with E-state index in [9.17, 15) is 23.1 Å². The molecule has 0 saturated heterocycles. The van der Waals surface area contributed by atoms with E-state index in [1.165, 1.54) is 12.1 Å². The lowest BCUT2D eigenvalue weighted by molar-refractivity contribution is -0.307. The SMILES string of the molecule is COCCN(Cc1ccc(OCC(=O)[O-])c(C)c1)c1nccc(-c2ccc(C(F)(F)F)cc2)n1. The summed E-state index contributed by atoms with van der Waals surface area (Å²) in [5, 5.41) is 10.6. The molecule has 180 valence electrons. The summed E-state index contributed by atoms with van der Waals surface area (Å²) in [4.78, 5) is 21.4. The zero-order valence-electron chi connectivity index (χ0n) is 18.6. The molecule has 0 bridgehead atoms. The monoisotopic (exact) mass is 474 g/mol. The number of methoxy groups -OCH3 is 1. The number of aliphatic carboxylic acids is 1. The normalized spacial score (nSPS) is 11.3. The third kappa shape index (κ3) is 6.67. The predicted octanol–water partition coefficient (Wildman–Crippen LogP) is 3.25. The molecule has 0 saturated carbocycles. The van der Waals surface area contributed by atoms with Gasteiger partial charge in [0, 0.05) is 32.0 Å². The number of nitrogens with zero attached hydrogens (tertiary/aromatic N) is 3. The van der Waals surface area contributed by atoms with Crippen molar-refractivity contribution in [3.8, 4) is 17.0 Å². The van der Waals surface area contributed by atoms with E-state index in [0.29, 0.717) is 42.7 Å². The highest BCUT2D eigenvalue weighted by Crippen LogP contribution is 2.31. The van der Waals surface area contributed by atoms with Crippen LogP contribution in [0.3, 0.4) is 0 Å². The van der Waals surface area contributed by atoms with Gasteiger partial charge in [0.1, 0.15) is 12.4 Å². The van der Waals surface area contributed by atoms with Crippen molar-refractivity contribution in [1.29, 1.82) is 0 Å². The Hall–Kier alpha value is -3.66. The molecule has 0 unspecified atom stereocenters. The fourth-order valence-corrected chi connectivity index (χ4v) is 3.27. The number of benzene rings is 2. The molecule has 10 heteroatoms. The number of anilines is 1. The first-order valence-corrected chi connectivity index (χ1v) is 10.3. The first-order chi connectivity index (χ1) is 16.2. The molecule has 0 spiro atoms. The highest BCUT2D eigenvalue weighted by atomic mass is 19.4. The molecule has 0 aliphatic heterocycles. The molecule has 0 fully saturated rings. The maximum absolute atomic E-state index is 12.9. The summed E-state index contributed by atoms with van der Waals surface area (Å²) in [6, 6.07) is 11.8. The molecule has 0 radical (unpaired) electrons. The van der Waals surface area contributed by atoms with E-state index in [0.717, 1.165) is 23.3 Å². The second-order valence-electron chi connectivity index (χ2n) is 7.49. The number of carboxylic acid groups (broad SMARTS) is 1. The minimum absolute atomic E-state index is 0.393. The molecule has 0 aliphatic rings. The van der Waals surface area contributed by atoms with Gasteiger partial charge in [-0.05, 0) is 42.3 Å². The standard InChI is InChI=1S/C24H24F3N3O4/c1-16-13-17(3-8-21(16)34-15-22(31)32)14-30(11-12-33-2)23-28-10-9-20(29-23)18-4-6-19(7-5-18)24(25,26)27/h3-10,13H,11-12,14-15H2,1-2H3,(H,31,32)/p-1. The Morgan fingerprint density at radius 2 is 1.85 bits per heavy atom. The van der Waals surface area contributed by atoms with Crippen molar-refractivity contribution in [3.05, 3.63) is 71.4 Å². The molecule has 0 atom stereocenters. The van der Waals surface area contributed by atoms with E-state index in [4.69, 9.17) is 9.47 Å². The minimum atomic E-state index is -4.41. The molecular formula is C24H23F3N3O4-. The number of aryl methyl sites for hydroxylation is 1. The number of carbonyl (C=O) groups excluding carboxylic acids is 1. The van der Waals surface area contributed by atoms with Gasteiger partial charge in [-0.25, -0.2) is 9.97 Å². The molecule has 0 aliphatic carbocycles. The van der Waals surface area contributed by atoms with Gasteiger partial charge >= 0.3 is 6.18 Å². The molecule has 2 aromatic carbocycles. The van der Waals surface area contributed by atoms with Crippen LogP contribution >= 0.6 is 0 Å². The zero-order valence-corrected chi connectivity index (χ0v) is 18.6. The molecule has 7 nitrogen and oxygen atoms in total. The number of hydrogen-bond acceptors (Lipinski definition) is 7. The van der Waals surface area contributed by atoms with Gasteiger partial charge in [0.05, 0.1) is 23.8 Å². The molecule has 1 heterocycles. The van der Waals surface area contributed by atoms with Crippen molar-refractivity contribution < 1.29 is 32.5 Å². The lowest BCUT2D eigenvalue weighted by Gasteiger charge is -2.23. The van der Waals surface area contributed by atoms with E-state index in [1.807, 2.05) is 11.0 Å². The van der Waals surface area contributed by atoms with E-state index in [2.05, 4.69) is 9.97 Å². The number of carboxylic acids is 1. The van der Waals surface area contributed by atoms with Crippen LogP contribution in [0.25, 0.3) is 11.3 Å². The van der Waals surface area contributed by atoms with Crippen molar-refractivity contribution in [2.75, 3.05) is 31.8 Å². The molecule has 3 aromatic rings. The van der Waals surface area contributed by atoms with Crippen LogP contribution in [0.1, 0.15) is 16.7 Å². The third-order valence-corrected chi connectivity index (χ3v) is 4.96. The van der Waals surface area contributed by atoms with E-state index < -0.39 is 24.3 Å². The summed E-state index contributed by atoms with van der Waals surface area (Å²) in [5.74, 6) is -0.472. The van der Waals surface area contributed by atoms with Gasteiger partial charge in [-0.2, -0.15) is 13.2 Å². The Labute approximate surface area is 194 Å². The van der Waals surface area contributed by atoms with Crippen LogP contribution in [-0.2, 0) is 22.3 Å². The number of aromatic nitrogens is 2. The van der Waals surface area contributed by atoms with Crippen molar-refractivity contribution in [2.45, 2.75) is 19.6 Å². The number of halogens is 3. The second kappa shape index (κ2) is 11.0. The average Bonchev–Trinajstić information content (AvgIpc) is 2.80. The predicted molar refractivity (Wildman–Crippen MR) is 117 cm³/mol. The van der Waals surface area contributed by atoms with Crippen LogP contribution in [0.4, 0.5) is 19.1 Å². The quantitative estimate of drug-likeness (QED) is 0.446. The highest BCUT2D eigenvalue weighted by molar-refractivity contribution is 5.66. The van der Waals surface area contributed by atoms with Crippen molar-refractivity contribution in [3.63, 3.8) is 0 Å². The Morgan fingerprint density at radius 1 is 1.12 bits per heavy atom. The summed E-state index contributed by atoms with van der Waals surface area (Å²) in [5.41, 5.74) is 1.95. The van der Waals surface area contributed by atoms with Gasteiger partial charge in [0.15, 0.2) is 0 Å². The highest BCUT2D eigenvalue weighted by Gasteiger charge is 2.30. The fourth-order valence-electron chi connectivity index (χ4n) is 3.27. The summed E-state index contributed by atoms with van der Waals surface area (Å²) in [6.07, 6.45) is -2.85. The van der Waals surface area contributed by atoms with E-state index >= 15 is 0 Å². The van der Waals surface area contributed by atoms with Gasteiger partial charge < -0.3 is 24.3 Å². The lowest BCUT2D eigenvalue weighted by Crippen LogP contribution is -2.29. The first kappa shape index (κ1) is 25.0. The molecule has 34 heavy (non-hydrogen) atoms. The molecular weight excluding hydrogens is 451 g/mol. The Kier molecular flexibility index (Phi) is 8.06.